The maximum Gasteiger partial charge on any atom is 0.234 e. The van der Waals surface area contributed by atoms with E-state index in [1.165, 1.54) is 12.8 Å². The minimum atomic E-state index is 0.104. The molecule has 1 saturated carbocycles. The van der Waals surface area contributed by atoms with Crippen LogP contribution >= 0.6 is 0 Å². The van der Waals surface area contributed by atoms with Crippen LogP contribution in [0.2, 0.25) is 0 Å². The van der Waals surface area contributed by atoms with Crippen LogP contribution in [0.25, 0.3) is 0 Å². The lowest BCUT2D eigenvalue weighted by Crippen LogP contribution is -2.47. The molecule has 0 saturated heterocycles. The predicted octanol–water partition coefficient (Wildman–Crippen LogP) is 2.21. The molecule has 3 heteroatoms. The second kappa shape index (κ2) is 6.24. The molecule has 2 N–H and O–H groups in total. The Morgan fingerprint density at radius 3 is 2.31 bits per heavy atom. The van der Waals surface area contributed by atoms with Crippen molar-refractivity contribution in [3.05, 3.63) is 0 Å². The van der Waals surface area contributed by atoms with Gasteiger partial charge in [0, 0.05) is 11.6 Å². The van der Waals surface area contributed by atoms with Crippen LogP contribution in [0.1, 0.15) is 59.3 Å². The maximum absolute atomic E-state index is 11.7. The third kappa shape index (κ3) is 4.12. The van der Waals surface area contributed by atoms with E-state index in [0.29, 0.717) is 12.6 Å². The van der Waals surface area contributed by atoms with Gasteiger partial charge in [-0.3, -0.25) is 4.79 Å². The highest BCUT2D eigenvalue weighted by Gasteiger charge is 2.21. The molecule has 1 aliphatic rings. The first-order valence-electron chi connectivity index (χ1n) is 6.64. The van der Waals surface area contributed by atoms with Crippen LogP contribution in [0.3, 0.4) is 0 Å². The first kappa shape index (κ1) is 13.5. The maximum atomic E-state index is 11.7. The number of nitrogens with one attached hydrogen (secondary N) is 2. The summed E-state index contributed by atoms with van der Waals surface area (Å²) in [6, 6.07) is 0.434. The molecule has 0 heterocycles. The van der Waals surface area contributed by atoms with E-state index in [1.807, 2.05) is 0 Å². The van der Waals surface area contributed by atoms with E-state index in [0.717, 1.165) is 25.7 Å². The lowest BCUT2D eigenvalue weighted by molar-refractivity contribution is -0.121. The van der Waals surface area contributed by atoms with Gasteiger partial charge in [0.25, 0.3) is 0 Å². The van der Waals surface area contributed by atoms with Crippen LogP contribution in [0.5, 0.6) is 0 Å². The molecule has 1 fully saturated rings. The Bertz CT molecular complexity index is 218. The van der Waals surface area contributed by atoms with Crippen molar-refractivity contribution in [1.29, 1.82) is 0 Å². The lowest BCUT2D eigenvalue weighted by Gasteiger charge is -2.28. The Balaban J connectivity index is 2.23. The molecular weight excluding hydrogens is 200 g/mol. The Morgan fingerprint density at radius 2 is 1.81 bits per heavy atom. The third-order valence-corrected chi connectivity index (χ3v) is 3.96. The number of carbonyl (C=O) groups is 1. The van der Waals surface area contributed by atoms with Crippen molar-refractivity contribution in [2.45, 2.75) is 70.9 Å². The van der Waals surface area contributed by atoms with Gasteiger partial charge < -0.3 is 10.6 Å². The summed E-state index contributed by atoms with van der Waals surface area (Å²) >= 11 is 0. The lowest BCUT2D eigenvalue weighted by atomic mass is 9.96. The SMILES string of the molecule is CCC(C)(CC)NCC(=O)NC1CCCC1. The molecule has 0 bridgehead atoms. The van der Waals surface area contributed by atoms with E-state index >= 15 is 0 Å². The van der Waals surface area contributed by atoms with E-state index in [4.69, 9.17) is 0 Å². The number of carbonyl (C=O) groups excluding carboxylic acids is 1. The van der Waals surface area contributed by atoms with Crippen LogP contribution in [0.15, 0.2) is 0 Å². The molecule has 1 amide bonds. The third-order valence-electron chi connectivity index (χ3n) is 3.96. The zero-order valence-electron chi connectivity index (χ0n) is 10.9. The number of rotatable bonds is 6. The second-order valence-corrected chi connectivity index (χ2v) is 5.17. The molecule has 16 heavy (non-hydrogen) atoms. The number of hydrogen-bond acceptors (Lipinski definition) is 2. The van der Waals surface area contributed by atoms with Crippen molar-refractivity contribution in [3.8, 4) is 0 Å². The molecule has 1 aliphatic carbocycles. The van der Waals surface area contributed by atoms with Crippen LogP contribution in [0.4, 0.5) is 0 Å². The average molecular weight is 226 g/mol. The zero-order valence-corrected chi connectivity index (χ0v) is 10.9. The van der Waals surface area contributed by atoms with Gasteiger partial charge in [0.05, 0.1) is 6.54 Å². The van der Waals surface area contributed by atoms with Crippen LogP contribution in [-0.2, 0) is 4.79 Å². The molecule has 0 aromatic rings. The second-order valence-electron chi connectivity index (χ2n) is 5.17. The quantitative estimate of drug-likeness (QED) is 0.729. The first-order valence-corrected chi connectivity index (χ1v) is 6.64. The van der Waals surface area contributed by atoms with Crippen LogP contribution in [-0.4, -0.2) is 24.0 Å². The van der Waals surface area contributed by atoms with Crippen molar-refractivity contribution in [2.75, 3.05) is 6.54 Å². The van der Waals surface area contributed by atoms with Gasteiger partial charge in [-0.1, -0.05) is 26.7 Å². The van der Waals surface area contributed by atoms with Crippen molar-refractivity contribution < 1.29 is 4.79 Å². The highest BCUT2D eigenvalue weighted by molar-refractivity contribution is 5.78. The van der Waals surface area contributed by atoms with Crippen LogP contribution in [0, 0.1) is 0 Å². The Kier molecular flexibility index (Phi) is 5.26. The minimum Gasteiger partial charge on any atom is -0.352 e. The van der Waals surface area contributed by atoms with Crippen molar-refractivity contribution >= 4 is 5.91 Å². The molecule has 0 aliphatic heterocycles. The fourth-order valence-electron chi connectivity index (χ4n) is 2.14. The summed E-state index contributed by atoms with van der Waals surface area (Å²) in [5, 5.41) is 6.46. The molecule has 0 unspecified atom stereocenters. The van der Waals surface area contributed by atoms with Gasteiger partial charge in [0.15, 0.2) is 0 Å². The summed E-state index contributed by atoms with van der Waals surface area (Å²) < 4.78 is 0. The normalized spacial score (nSPS) is 17.7. The van der Waals surface area contributed by atoms with Gasteiger partial charge in [-0.25, -0.2) is 0 Å². The molecule has 0 radical (unpaired) electrons. The van der Waals surface area contributed by atoms with E-state index in [9.17, 15) is 4.79 Å². The largest absolute Gasteiger partial charge is 0.352 e. The van der Waals surface area contributed by atoms with Crippen LogP contribution < -0.4 is 10.6 Å². The molecule has 94 valence electrons. The molecule has 3 nitrogen and oxygen atoms in total. The Morgan fingerprint density at radius 1 is 1.25 bits per heavy atom. The molecule has 0 aromatic heterocycles. The molecule has 0 atom stereocenters. The molecule has 0 spiro atoms. The van der Waals surface area contributed by atoms with Gasteiger partial charge in [0.1, 0.15) is 0 Å². The van der Waals surface area contributed by atoms with E-state index < -0.39 is 0 Å². The summed E-state index contributed by atoms with van der Waals surface area (Å²) in [5.74, 6) is 0.153. The highest BCUT2D eigenvalue weighted by Crippen LogP contribution is 2.17. The average Bonchev–Trinajstić information content (AvgIpc) is 2.79. The van der Waals surface area contributed by atoms with E-state index in [1.54, 1.807) is 0 Å². The topological polar surface area (TPSA) is 41.1 Å². The summed E-state index contributed by atoms with van der Waals surface area (Å²) in [6.07, 6.45) is 6.95. The molecule has 0 aromatic carbocycles. The van der Waals surface area contributed by atoms with E-state index in [-0.39, 0.29) is 11.4 Å². The first-order chi connectivity index (χ1) is 7.59. The Hall–Kier alpha value is -0.570. The summed E-state index contributed by atoms with van der Waals surface area (Å²) in [7, 11) is 0. The summed E-state index contributed by atoms with van der Waals surface area (Å²) in [5.41, 5.74) is 0.104. The monoisotopic (exact) mass is 226 g/mol. The molecule has 1 rings (SSSR count). The zero-order chi connectivity index (χ0) is 12.0. The minimum absolute atomic E-state index is 0.104. The number of amides is 1. The Labute approximate surface area is 99.4 Å². The van der Waals surface area contributed by atoms with E-state index in [2.05, 4.69) is 31.4 Å². The number of hydrogen-bond donors (Lipinski definition) is 2. The highest BCUT2D eigenvalue weighted by atomic mass is 16.2. The smallest absolute Gasteiger partial charge is 0.234 e. The van der Waals surface area contributed by atoms with Crippen molar-refractivity contribution in [3.63, 3.8) is 0 Å². The standard InChI is InChI=1S/C13H26N2O/c1-4-13(3,5-2)14-10-12(16)15-11-8-6-7-9-11/h11,14H,4-10H2,1-3H3,(H,15,16). The van der Waals surface area contributed by atoms with Gasteiger partial charge >= 0.3 is 0 Å². The van der Waals surface area contributed by atoms with Crippen molar-refractivity contribution in [1.82, 2.24) is 10.6 Å². The van der Waals surface area contributed by atoms with Gasteiger partial charge in [0.2, 0.25) is 5.91 Å². The fourth-order valence-corrected chi connectivity index (χ4v) is 2.14. The van der Waals surface area contributed by atoms with Gasteiger partial charge in [-0.05, 0) is 32.6 Å². The van der Waals surface area contributed by atoms with Gasteiger partial charge in [-0.15, -0.1) is 0 Å². The molecular formula is C13H26N2O. The predicted molar refractivity (Wildman–Crippen MR) is 67.4 cm³/mol. The van der Waals surface area contributed by atoms with Gasteiger partial charge in [-0.2, -0.15) is 0 Å². The van der Waals surface area contributed by atoms with Crippen molar-refractivity contribution in [2.24, 2.45) is 0 Å². The summed E-state index contributed by atoms with van der Waals surface area (Å²) in [4.78, 5) is 11.7. The fraction of sp³-hybridized carbons (Fsp3) is 0.923. The summed E-state index contributed by atoms with van der Waals surface area (Å²) in [6.45, 7) is 6.95.